The number of rotatable bonds is 4. The lowest BCUT2D eigenvalue weighted by molar-refractivity contribution is 0.252. The molecule has 1 heterocycles. The van der Waals surface area contributed by atoms with Gasteiger partial charge in [0.05, 0.1) is 5.69 Å². The topological polar surface area (TPSA) is 59.0 Å². The zero-order valence-electron chi connectivity index (χ0n) is 13.9. The molecule has 2 rings (SSSR count). The highest BCUT2D eigenvalue weighted by Crippen LogP contribution is 2.16. The molecule has 118 valence electrons. The van der Waals surface area contributed by atoms with E-state index in [4.69, 9.17) is 0 Å². The van der Waals surface area contributed by atoms with Crippen LogP contribution in [0.1, 0.15) is 28.1 Å². The van der Waals surface area contributed by atoms with Gasteiger partial charge in [0.25, 0.3) is 0 Å². The molecular formula is C17H24N4O. The molecule has 0 atom stereocenters. The van der Waals surface area contributed by atoms with Crippen molar-refractivity contribution in [2.75, 3.05) is 11.9 Å². The number of amides is 2. The van der Waals surface area contributed by atoms with Crippen molar-refractivity contribution in [1.29, 1.82) is 0 Å². The van der Waals surface area contributed by atoms with Crippen LogP contribution in [0.4, 0.5) is 10.5 Å². The molecule has 22 heavy (non-hydrogen) atoms. The molecule has 5 nitrogen and oxygen atoms in total. The van der Waals surface area contributed by atoms with Gasteiger partial charge in [0, 0.05) is 25.0 Å². The average molecular weight is 300 g/mol. The third-order valence-corrected chi connectivity index (χ3v) is 3.96. The van der Waals surface area contributed by atoms with Crippen molar-refractivity contribution in [3.8, 4) is 0 Å². The molecule has 0 aliphatic heterocycles. The van der Waals surface area contributed by atoms with Crippen LogP contribution in [-0.4, -0.2) is 22.4 Å². The first-order valence-corrected chi connectivity index (χ1v) is 7.49. The van der Waals surface area contributed by atoms with E-state index in [1.165, 1.54) is 5.56 Å². The van der Waals surface area contributed by atoms with Crippen molar-refractivity contribution < 1.29 is 4.79 Å². The summed E-state index contributed by atoms with van der Waals surface area (Å²) in [5.41, 5.74) is 6.41. The third kappa shape index (κ3) is 3.67. The summed E-state index contributed by atoms with van der Waals surface area (Å²) < 4.78 is 1.88. The number of hydrogen-bond donors (Lipinski definition) is 2. The quantitative estimate of drug-likeness (QED) is 0.912. The van der Waals surface area contributed by atoms with Crippen molar-refractivity contribution >= 4 is 11.7 Å². The Hall–Kier alpha value is -2.30. The van der Waals surface area contributed by atoms with Crippen molar-refractivity contribution in [1.82, 2.24) is 15.1 Å². The molecule has 0 saturated carbocycles. The number of nitrogens with one attached hydrogen (secondary N) is 2. The highest BCUT2D eigenvalue weighted by molar-refractivity contribution is 5.90. The highest BCUT2D eigenvalue weighted by atomic mass is 16.2. The fourth-order valence-electron chi connectivity index (χ4n) is 2.52. The van der Waals surface area contributed by atoms with Crippen molar-refractivity contribution in [3.63, 3.8) is 0 Å². The lowest BCUT2D eigenvalue weighted by Gasteiger charge is -2.11. The Bertz CT molecular complexity index is 688. The minimum absolute atomic E-state index is 0.173. The Morgan fingerprint density at radius 1 is 1.23 bits per heavy atom. The van der Waals surface area contributed by atoms with Gasteiger partial charge in [-0.1, -0.05) is 12.1 Å². The lowest BCUT2D eigenvalue weighted by Crippen LogP contribution is -2.30. The monoisotopic (exact) mass is 300 g/mol. The summed E-state index contributed by atoms with van der Waals surface area (Å²) in [6.45, 7) is 8.63. The number of aromatic nitrogens is 2. The Morgan fingerprint density at radius 2 is 1.95 bits per heavy atom. The van der Waals surface area contributed by atoms with E-state index in [0.29, 0.717) is 6.54 Å². The first-order valence-electron chi connectivity index (χ1n) is 7.49. The normalized spacial score (nSPS) is 10.6. The molecule has 1 aromatic heterocycles. The van der Waals surface area contributed by atoms with E-state index in [2.05, 4.69) is 15.7 Å². The first kappa shape index (κ1) is 16.1. The maximum atomic E-state index is 12.0. The van der Waals surface area contributed by atoms with Crippen molar-refractivity contribution in [2.45, 2.75) is 34.1 Å². The number of aryl methyl sites for hydroxylation is 4. The summed E-state index contributed by atoms with van der Waals surface area (Å²) in [6.07, 6.45) is 0.783. The SMILES string of the molecule is Cc1ccc(C)c(NC(=O)NCCc2c(C)nn(C)c2C)c1. The molecule has 2 N–H and O–H groups in total. The van der Waals surface area contributed by atoms with Gasteiger partial charge in [0.1, 0.15) is 0 Å². The maximum absolute atomic E-state index is 12.0. The number of anilines is 1. The number of benzene rings is 1. The van der Waals surface area contributed by atoms with E-state index in [9.17, 15) is 4.79 Å². The second-order valence-corrected chi connectivity index (χ2v) is 5.72. The average Bonchev–Trinajstić information content (AvgIpc) is 2.69. The van der Waals surface area contributed by atoms with Gasteiger partial charge in [-0.25, -0.2) is 4.79 Å². The minimum Gasteiger partial charge on any atom is -0.338 e. The van der Waals surface area contributed by atoms with E-state index in [1.54, 1.807) is 0 Å². The summed E-state index contributed by atoms with van der Waals surface area (Å²) >= 11 is 0. The van der Waals surface area contributed by atoms with Crippen LogP contribution < -0.4 is 10.6 Å². The number of hydrogen-bond acceptors (Lipinski definition) is 2. The van der Waals surface area contributed by atoms with E-state index in [-0.39, 0.29) is 6.03 Å². The largest absolute Gasteiger partial charge is 0.338 e. The maximum Gasteiger partial charge on any atom is 0.319 e. The van der Waals surface area contributed by atoms with Crippen LogP contribution in [0.15, 0.2) is 18.2 Å². The van der Waals surface area contributed by atoms with Gasteiger partial charge in [-0.15, -0.1) is 0 Å². The Kier molecular flexibility index (Phi) is 4.85. The molecule has 2 amide bonds. The van der Waals surface area contributed by atoms with Crippen LogP contribution in [-0.2, 0) is 13.5 Å². The molecule has 1 aromatic carbocycles. The number of nitrogens with zero attached hydrogens (tertiary/aromatic N) is 2. The van der Waals surface area contributed by atoms with Crippen LogP contribution >= 0.6 is 0 Å². The van der Waals surface area contributed by atoms with Crippen molar-refractivity contribution in [3.05, 3.63) is 46.3 Å². The van der Waals surface area contributed by atoms with Crippen LogP contribution in [0.5, 0.6) is 0 Å². The summed E-state index contributed by atoms with van der Waals surface area (Å²) in [5, 5.41) is 10.2. The number of urea groups is 1. The van der Waals surface area contributed by atoms with E-state index in [0.717, 1.165) is 34.6 Å². The lowest BCUT2D eigenvalue weighted by atomic mass is 10.1. The second-order valence-electron chi connectivity index (χ2n) is 5.72. The van der Waals surface area contributed by atoms with E-state index in [1.807, 2.05) is 57.6 Å². The third-order valence-electron chi connectivity index (χ3n) is 3.96. The fraction of sp³-hybridized carbons (Fsp3) is 0.412. The van der Waals surface area contributed by atoms with Crippen molar-refractivity contribution in [2.24, 2.45) is 7.05 Å². The summed E-state index contributed by atoms with van der Waals surface area (Å²) in [5.74, 6) is 0. The van der Waals surface area contributed by atoms with E-state index < -0.39 is 0 Å². The smallest absolute Gasteiger partial charge is 0.319 e. The van der Waals surface area contributed by atoms with E-state index >= 15 is 0 Å². The molecule has 0 spiro atoms. The van der Waals surface area contributed by atoms with Crippen LogP contribution in [0.3, 0.4) is 0 Å². The standard InChI is InChI=1S/C17H24N4O/c1-11-6-7-12(2)16(10-11)19-17(22)18-9-8-15-13(3)20-21(5)14(15)4/h6-7,10H,8-9H2,1-5H3,(H2,18,19,22). The van der Waals surface area contributed by atoms with Crippen LogP contribution in [0, 0.1) is 27.7 Å². The fourth-order valence-corrected chi connectivity index (χ4v) is 2.52. The molecule has 0 fully saturated rings. The summed E-state index contributed by atoms with van der Waals surface area (Å²) in [4.78, 5) is 12.0. The first-order chi connectivity index (χ1) is 10.4. The molecule has 0 aliphatic carbocycles. The number of carbonyl (C=O) groups is 1. The Balaban J connectivity index is 1.89. The van der Waals surface area contributed by atoms with Gasteiger partial charge in [-0.05, 0) is 56.9 Å². The predicted molar refractivity (Wildman–Crippen MR) is 89.3 cm³/mol. The molecule has 5 heteroatoms. The minimum atomic E-state index is -0.173. The molecule has 0 unspecified atom stereocenters. The van der Waals surface area contributed by atoms with Crippen LogP contribution in [0.2, 0.25) is 0 Å². The number of carbonyl (C=O) groups excluding carboxylic acids is 1. The zero-order valence-corrected chi connectivity index (χ0v) is 13.9. The Labute approximate surface area is 131 Å². The van der Waals surface area contributed by atoms with Gasteiger partial charge in [0.2, 0.25) is 0 Å². The van der Waals surface area contributed by atoms with Gasteiger partial charge in [0.15, 0.2) is 0 Å². The van der Waals surface area contributed by atoms with Gasteiger partial charge >= 0.3 is 6.03 Å². The molecule has 0 aliphatic rings. The molecular weight excluding hydrogens is 276 g/mol. The zero-order chi connectivity index (χ0) is 16.3. The predicted octanol–water partition coefficient (Wildman–Crippen LogP) is 3.02. The van der Waals surface area contributed by atoms with Gasteiger partial charge in [-0.2, -0.15) is 5.10 Å². The summed E-state index contributed by atoms with van der Waals surface area (Å²) in [7, 11) is 1.94. The second kappa shape index (κ2) is 6.64. The molecule has 0 radical (unpaired) electrons. The highest BCUT2D eigenvalue weighted by Gasteiger charge is 2.10. The Morgan fingerprint density at radius 3 is 2.59 bits per heavy atom. The van der Waals surface area contributed by atoms with Gasteiger partial charge in [-0.3, -0.25) is 4.68 Å². The molecule has 0 bridgehead atoms. The van der Waals surface area contributed by atoms with Gasteiger partial charge < -0.3 is 10.6 Å². The molecule has 2 aromatic rings. The molecule has 0 saturated heterocycles. The summed E-state index contributed by atoms with van der Waals surface area (Å²) in [6, 6.07) is 5.84. The van der Waals surface area contributed by atoms with Crippen LogP contribution in [0.25, 0.3) is 0 Å².